The van der Waals surface area contributed by atoms with Gasteiger partial charge >= 0.3 is 0 Å². The monoisotopic (exact) mass is 215 g/mol. The van der Waals surface area contributed by atoms with Gasteiger partial charge in [-0.25, -0.2) is 18.2 Å². The zero-order valence-electron chi connectivity index (χ0n) is 7.67. The van der Waals surface area contributed by atoms with E-state index in [1.165, 1.54) is 0 Å². The van der Waals surface area contributed by atoms with Gasteiger partial charge in [0.1, 0.15) is 11.5 Å². The Morgan fingerprint density at radius 2 is 2.20 bits per heavy atom. The number of aromatic nitrogens is 1. The van der Waals surface area contributed by atoms with E-state index in [1.807, 2.05) is 0 Å². The maximum atomic E-state index is 13.3. The molecule has 0 fully saturated rings. The Bertz CT molecular complexity index is 398. The molecule has 0 unspecified atom stereocenters. The van der Waals surface area contributed by atoms with E-state index in [9.17, 15) is 13.2 Å². The number of rotatable bonds is 3. The number of alkyl halides is 2. The fourth-order valence-electron chi connectivity index (χ4n) is 1.15. The maximum absolute atomic E-state index is 13.3. The van der Waals surface area contributed by atoms with Crippen molar-refractivity contribution in [3.05, 3.63) is 28.8 Å². The van der Waals surface area contributed by atoms with Crippen molar-refractivity contribution in [2.75, 3.05) is 0 Å². The highest BCUT2D eigenvalue weighted by molar-refractivity contribution is 5.28. The van der Waals surface area contributed by atoms with Crippen LogP contribution in [-0.4, -0.2) is 4.98 Å². The summed E-state index contributed by atoms with van der Waals surface area (Å²) in [7, 11) is 0. The summed E-state index contributed by atoms with van der Waals surface area (Å²) in [5, 5.41) is 8.36. The van der Waals surface area contributed by atoms with E-state index in [0.717, 1.165) is 6.07 Å². The fourth-order valence-corrected chi connectivity index (χ4v) is 1.15. The molecule has 0 radical (unpaired) electrons. The standard InChI is InChI=1S/C9H8F3N3/c10-7-3-5(4-14)15-8(9(11)12)6(7)1-2-13/h3,9H,1,4,14H2. The number of hydrogen-bond acceptors (Lipinski definition) is 3. The van der Waals surface area contributed by atoms with Crippen LogP contribution < -0.4 is 5.73 Å². The van der Waals surface area contributed by atoms with Gasteiger partial charge in [-0.15, -0.1) is 0 Å². The Hall–Kier alpha value is -1.61. The van der Waals surface area contributed by atoms with Crippen LogP contribution in [0.4, 0.5) is 13.2 Å². The summed E-state index contributed by atoms with van der Waals surface area (Å²) in [6, 6.07) is 2.58. The summed E-state index contributed by atoms with van der Waals surface area (Å²) in [5.74, 6) is -0.859. The van der Waals surface area contributed by atoms with Gasteiger partial charge in [0, 0.05) is 12.1 Å². The zero-order chi connectivity index (χ0) is 11.4. The minimum Gasteiger partial charge on any atom is -0.325 e. The molecule has 0 saturated heterocycles. The number of halogens is 3. The molecule has 3 nitrogen and oxygen atoms in total. The van der Waals surface area contributed by atoms with E-state index >= 15 is 0 Å². The van der Waals surface area contributed by atoms with Crippen molar-refractivity contribution in [1.82, 2.24) is 4.98 Å². The fraction of sp³-hybridized carbons (Fsp3) is 0.333. The van der Waals surface area contributed by atoms with Crippen molar-refractivity contribution in [3.63, 3.8) is 0 Å². The first-order valence-electron chi connectivity index (χ1n) is 4.13. The SMILES string of the molecule is N#CCc1c(F)cc(CN)nc1C(F)F. The quantitative estimate of drug-likeness (QED) is 0.834. The molecule has 0 atom stereocenters. The highest BCUT2D eigenvalue weighted by Crippen LogP contribution is 2.24. The highest BCUT2D eigenvalue weighted by Gasteiger charge is 2.19. The van der Waals surface area contributed by atoms with Crippen LogP contribution in [0, 0.1) is 17.1 Å². The highest BCUT2D eigenvalue weighted by atomic mass is 19.3. The van der Waals surface area contributed by atoms with Crippen LogP contribution in [0.3, 0.4) is 0 Å². The smallest absolute Gasteiger partial charge is 0.280 e. The molecule has 0 spiro atoms. The minimum atomic E-state index is -2.91. The van der Waals surface area contributed by atoms with Crippen LogP contribution in [0.2, 0.25) is 0 Å². The first-order valence-corrected chi connectivity index (χ1v) is 4.13. The number of pyridine rings is 1. The average Bonchev–Trinajstić information content (AvgIpc) is 2.20. The molecule has 0 saturated carbocycles. The van der Waals surface area contributed by atoms with E-state index < -0.39 is 24.4 Å². The third-order valence-electron chi connectivity index (χ3n) is 1.83. The number of hydrogen-bond donors (Lipinski definition) is 1. The van der Waals surface area contributed by atoms with Gasteiger partial charge in [-0.2, -0.15) is 5.26 Å². The second-order valence-electron chi connectivity index (χ2n) is 2.80. The first-order chi connectivity index (χ1) is 7.10. The van der Waals surface area contributed by atoms with Gasteiger partial charge in [-0.3, -0.25) is 0 Å². The number of nitrogens with two attached hydrogens (primary N) is 1. The van der Waals surface area contributed by atoms with Crippen molar-refractivity contribution in [2.24, 2.45) is 5.73 Å². The van der Waals surface area contributed by atoms with Crippen molar-refractivity contribution < 1.29 is 13.2 Å². The van der Waals surface area contributed by atoms with Crippen molar-refractivity contribution in [3.8, 4) is 6.07 Å². The number of nitriles is 1. The Kier molecular flexibility index (Phi) is 3.63. The second-order valence-corrected chi connectivity index (χ2v) is 2.80. The van der Waals surface area contributed by atoms with Crippen molar-refractivity contribution in [2.45, 2.75) is 19.4 Å². The summed E-state index contributed by atoms with van der Waals surface area (Å²) in [6.07, 6.45) is -3.34. The van der Waals surface area contributed by atoms with Crippen molar-refractivity contribution >= 4 is 0 Å². The molecule has 15 heavy (non-hydrogen) atoms. The third-order valence-corrected chi connectivity index (χ3v) is 1.83. The Labute approximate surface area is 84.3 Å². The van der Waals surface area contributed by atoms with Gasteiger partial charge in [0.15, 0.2) is 0 Å². The van der Waals surface area contributed by atoms with Crippen molar-refractivity contribution in [1.29, 1.82) is 5.26 Å². The van der Waals surface area contributed by atoms with Crippen LogP contribution >= 0.6 is 0 Å². The van der Waals surface area contributed by atoms with E-state index in [0.29, 0.717) is 0 Å². The van der Waals surface area contributed by atoms with Gasteiger partial charge < -0.3 is 5.73 Å². The molecule has 2 N–H and O–H groups in total. The van der Waals surface area contributed by atoms with Gasteiger partial charge in [0.05, 0.1) is 18.2 Å². The minimum absolute atomic E-state index is 0.0458. The lowest BCUT2D eigenvalue weighted by Crippen LogP contribution is -2.08. The molecular formula is C9H8F3N3. The summed E-state index contributed by atoms with van der Waals surface area (Å²) in [4.78, 5) is 3.50. The van der Waals surface area contributed by atoms with Gasteiger partial charge in [-0.1, -0.05) is 0 Å². The molecule has 6 heteroatoms. The molecule has 1 aromatic heterocycles. The van der Waals surface area contributed by atoms with Crippen LogP contribution in [0.1, 0.15) is 23.4 Å². The van der Waals surface area contributed by atoms with Gasteiger partial charge in [0.2, 0.25) is 0 Å². The van der Waals surface area contributed by atoms with Crippen LogP contribution in [0.25, 0.3) is 0 Å². The van der Waals surface area contributed by atoms with Crippen LogP contribution in [0.15, 0.2) is 6.07 Å². The molecule has 0 bridgehead atoms. The van der Waals surface area contributed by atoms with E-state index in [-0.39, 0.29) is 17.8 Å². The molecule has 1 rings (SSSR count). The van der Waals surface area contributed by atoms with E-state index in [1.54, 1.807) is 6.07 Å². The molecule has 1 heterocycles. The molecule has 0 aromatic carbocycles. The lowest BCUT2D eigenvalue weighted by Gasteiger charge is -2.08. The largest absolute Gasteiger partial charge is 0.325 e. The molecule has 0 aliphatic heterocycles. The first kappa shape index (κ1) is 11.5. The summed E-state index contributed by atoms with van der Waals surface area (Å²) >= 11 is 0. The zero-order valence-corrected chi connectivity index (χ0v) is 7.67. The second kappa shape index (κ2) is 4.75. The Balaban J connectivity index is 3.30. The predicted octanol–water partition coefficient (Wildman–Crippen LogP) is 1.68. The van der Waals surface area contributed by atoms with E-state index in [2.05, 4.69) is 4.98 Å². The summed E-state index contributed by atoms with van der Waals surface area (Å²) < 4.78 is 38.2. The molecule has 0 aliphatic carbocycles. The molecular weight excluding hydrogens is 207 g/mol. The lowest BCUT2D eigenvalue weighted by molar-refractivity contribution is 0.144. The third kappa shape index (κ3) is 2.44. The van der Waals surface area contributed by atoms with E-state index in [4.69, 9.17) is 11.0 Å². The lowest BCUT2D eigenvalue weighted by atomic mass is 10.1. The Morgan fingerprint density at radius 1 is 1.53 bits per heavy atom. The maximum Gasteiger partial charge on any atom is 0.280 e. The topological polar surface area (TPSA) is 62.7 Å². The predicted molar refractivity (Wildman–Crippen MR) is 46.4 cm³/mol. The molecule has 80 valence electrons. The molecule has 0 amide bonds. The average molecular weight is 215 g/mol. The summed E-state index contributed by atoms with van der Waals surface area (Å²) in [6.45, 7) is -0.122. The van der Waals surface area contributed by atoms with Gasteiger partial charge in [-0.05, 0) is 6.07 Å². The molecule has 0 aliphatic rings. The van der Waals surface area contributed by atoms with Gasteiger partial charge in [0.25, 0.3) is 6.43 Å². The molecule has 1 aromatic rings. The summed E-state index contributed by atoms with van der Waals surface area (Å²) in [5.41, 5.74) is 4.16. The Morgan fingerprint density at radius 3 is 2.67 bits per heavy atom. The normalized spacial score (nSPS) is 10.4. The van der Waals surface area contributed by atoms with Crippen LogP contribution in [-0.2, 0) is 13.0 Å². The van der Waals surface area contributed by atoms with Crippen LogP contribution in [0.5, 0.6) is 0 Å². The number of nitrogens with zero attached hydrogens (tertiary/aromatic N) is 2.